The fourth-order valence-electron chi connectivity index (χ4n) is 0.812. The van der Waals surface area contributed by atoms with E-state index in [0.717, 1.165) is 0 Å². The topological polar surface area (TPSA) is 84.7 Å². The van der Waals surface area contributed by atoms with E-state index in [4.69, 9.17) is 16.9 Å². The summed E-state index contributed by atoms with van der Waals surface area (Å²) < 4.78 is 4.72. The standard InChI is InChI=1S/C9H13N3O3/c1-4-5-12(2)9(14)7(10)8(15-3)11-6-13/h1,6H,5,10H2,2-3H3,(H,11,13)/b8-7-. The summed E-state index contributed by atoms with van der Waals surface area (Å²) in [5.74, 6) is 1.68. The van der Waals surface area contributed by atoms with Crippen molar-refractivity contribution in [2.75, 3.05) is 20.7 Å². The highest BCUT2D eigenvalue weighted by Gasteiger charge is 2.16. The number of nitrogens with two attached hydrogens (primary N) is 1. The lowest BCUT2D eigenvalue weighted by Crippen LogP contribution is -2.34. The predicted octanol–water partition coefficient (Wildman–Crippen LogP) is -1.40. The van der Waals surface area contributed by atoms with Crippen LogP contribution in [0.15, 0.2) is 11.6 Å². The largest absolute Gasteiger partial charge is 0.481 e. The highest BCUT2D eigenvalue weighted by atomic mass is 16.5. The molecule has 0 aromatic carbocycles. The molecule has 0 aromatic rings. The molecule has 0 fully saturated rings. The molecule has 0 radical (unpaired) electrons. The van der Waals surface area contributed by atoms with E-state index in [1.807, 2.05) is 0 Å². The average molecular weight is 211 g/mol. The number of likely N-dealkylation sites (N-methyl/N-ethyl adjacent to an activating group) is 1. The molecule has 0 heterocycles. The SMILES string of the molecule is C#CCN(C)C(=O)/C(N)=C(\NC=O)OC. The van der Waals surface area contributed by atoms with Crippen LogP contribution in [-0.4, -0.2) is 37.9 Å². The number of carbonyl (C=O) groups is 2. The number of nitrogens with zero attached hydrogens (tertiary/aromatic N) is 1. The molecule has 6 nitrogen and oxygen atoms in total. The number of carbonyl (C=O) groups excluding carboxylic acids is 2. The van der Waals surface area contributed by atoms with Gasteiger partial charge in [-0.05, 0) is 0 Å². The Morgan fingerprint density at radius 2 is 2.33 bits per heavy atom. The monoisotopic (exact) mass is 211 g/mol. The Bertz CT molecular complexity index is 317. The second-order valence-corrected chi connectivity index (χ2v) is 2.57. The number of ether oxygens (including phenoxy) is 1. The fourth-order valence-corrected chi connectivity index (χ4v) is 0.812. The summed E-state index contributed by atoms with van der Waals surface area (Å²) in [5.41, 5.74) is 5.26. The lowest BCUT2D eigenvalue weighted by molar-refractivity contribution is -0.125. The van der Waals surface area contributed by atoms with Gasteiger partial charge in [0.15, 0.2) is 5.70 Å². The summed E-state index contributed by atoms with van der Waals surface area (Å²) in [6.07, 6.45) is 5.39. The molecule has 0 aliphatic heterocycles. The molecular weight excluding hydrogens is 198 g/mol. The molecule has 6 heteroatoms. The average Bonchev–Trinajstić information content (AvgIpc) is 2.24. The Morgan fingerprint density at radius 1 is 1.73 bits per heavy atom. The molecule has 0 saturated carbocycles. The van der Waals surface area contributed by atoms with Crippen molar-refractivity contribution in [2.45, 2.75) is 0 Å². The molecule has 0 spiro atoms. The highest BCUT2D eigenvalue weighted by molar-refractivity contribution is 5.93. The Hall–Kier alpha value is -2.16. The number of nitrogens with one attached hydrogen (secondary N) is 1. The molecule has 0 rings (SSSR count). The van der Waals surface area contributed by atoms with Crippen molar-refractivity contribution in [3.8, 4) is 12.3 Å². The molecule has 2 amide bonds. The minimum atomic E-state index is -0.515. The quantitative estimate of drug-likeness (QED) is 0.253. The molecule has 0 bridgehead atoms. The second kappa shape index (κ2) is 6.32. The summed E-state index contributed by atoms with van der Waals surface area (Å²) in [7, 11) is 2.77. The van der Waals surface area contributed by atoms with Gasteiger partial charge in [-0.15, -0.1) is 6.42 Å². The third-order valence-electron chi connectivity index (χ3n) is 1.54. The van der Waals surface area contributed by atoms with Crippen LogP contribution in [0.5, 0.6) is 0 Å². The number of methoxy groups -OCH3 is 1. The van der Waals surface area contributed by atoms with Gasteiger partial charge in [0.2, 0.25) is 12.3 Å². The number of terminal acetylenes is 1. The maximum absolute atomic E-state index is 11.5. The first kappa shape index (κ1) is 12.8. The van der Waals surface area contributed by atoms with Crippen LogP contribution in [0.3, 0.4) is 0 Å². The molecule has 15 heavy (non-hydrogen) atoms. The van der Waals surface area contributed by atoms with Crippen LogP contribution >= 0.6 is 0 Å². The Morgan fingerprint density at radius 3 is 2.73 bits per heavy atom. The molecule has 82 valence electrons. The van der Waals surface area contributed by atoms with Crippen LogP contribution in [0.4, 0.5) is 0 Å². The van der Waals surface area contributed by atoms with E-state index in [2.05, 4.69) is 11.2 Å². The molecule has 0 unspecified atom stereocenters. The van der Waals surface area contributed by atoms with Crippen molar-refractivity contribution in [1.29, 1.82) is 0 Å². The summed E-state index contributed by atoms with van der Waals surface area (Å²) in [6.45, 7) is 0.123. The van der Waals surface area contributed by atoms with E-state index in [1.54, 1.807) is 0 Å². The van der Waals surface area contributed by atoms with Crippen LogP contribution in [0.1, 0.15) is 0 Å². The second-order valence-electron chi connectivity index (χ2n) is 2.57. The van der Waals surface area contributed by atoms with Crippen molar-refractivity contribution < 1.29 is 14.3 Å². The van der Waals surface area contributed by atoms with Crippen molar-refractivity contribution in [2.24, 2.45) is 5.73 Å². The van der Waals surface area contributed by atoms with Gasteiger partial charge in [0.1, 0.15) is 0 Å². The lowest BCUT2D eigenvalue weighted by Gasteiger charge is -2.15. The van der Waals surface area contributed by atoms with Crippen LogP contribution in [0, 0.1) is 12.3 Å². The minimum absolute atomic E-state index is 0.0983. The maximum Gasteiger partial charge on any atom is 0.275 e. The van der Waals surface area contributed by atoms with Crippen LogP contribution in [-0.2, 0) is 14.3 Å². The zero-order chi connectivity index (χ0) is 11.8. The molecule has 0 aliphatic rings. The molecule has 0 saturated heterocycles. The summed E-state index contributed by atoms with van der Waals surface area (Å²) in [5, 5.41) is 2.16. The third kappa shape index (κ3) is 3.60. The van der Waals surface area contributed by atoms with Crippen LogP contribution in [0.25, 0.3) is 0 Å². The van der Waals surface area contributed by atoms with Gasteiger partial charge in [-0.25, -0.2) is 0 Å². The first-order valence-corrected chi connectivity index (χ1v) is 4.01. The Balaban J connectivity index is 4.79. The van der Waals surface area contributed by atoms with Crippen molar-refractivity contribution in [1.82, 2.24) is 10.2 Å². The van der Waals surface area contributed by atoms with Crippen molar-refractivity contribution in [3.63, 3.8) is 0 Å². The van der Waals surface area contributed by atoms with Gasteiger partial charge in [-0.2, -0.15) is 0 Å². The van der Waals surface area contributed by atoms with E-state index in [1.165, 1.54) is 19.1 Å². The molecular formula is C9H13N3O3. The van der Waals surface area contributed by atoms with E-state index in [-0.39, 0.29) is 18.1 Å². The lowest BCUT2D eigenvalue weighted by atomic mass is 10.4. The zero-order valence-electron chi connectivity index (χ0n) is 8.61. The zero-order valence-corrected chi connectivity index (χ0v) is 8.61. The number of rotatable bonds is 5. The number of amides is 2. The Labute approximate surface area is 88.1 Å². The van der Waals surface area contributed by atoms with Gasteiger partial charge in [0.05, 0.1) is 13.7 Å². The number of hydrogen-bond acceptors (Lipinski definition) is 4. The van der Waals surface area contributed by atoms with E-state index < -0.39 is 5.91 Å². The molecule has 0 atom stereocenters. The van der Waals surface area contributed by atoms with Gasteiger partial charge < -0.3 is 15.4 Å². The van der Waals surface area contributed by atoms with E-state index in [9.17, 15) is 9.59 Å². The van der Waals surface area contributed by atoms with E-state index >= 15 is 0 Å². The smallest absolute Gasteiger partial charge is 0.275 e. The van der Waals surface area contributed by atoms with Crippen LogP contribution in [0.2, 0.25) is 0 Å². The van der Waals surface area contributed by atoms with Gasteiger partial charge in [0, 0.05) is 7.05 Å². The van der Waals surface area contributed by atoms with Gasteiger partial charge >= 0.3 is 0 Å². The molecule has 0 aromatic heterocycles. The van der Waals surface area contributed by atoms with Gasteiger partial charge in [-0.1, -0.05) is 5.92 Å². The normalized spacial score (nSPS) is 10.7. The molecule has 0 aliphatic carbocycles. The van der Waals surface area contributed by atoms with Crippen molar-refractivity contribution in [3.05, 3.63) is 11.6 Å². The van der Waals surface area contributed by atoms with E-state index in [0.29, 0.717) is 6.41 Å². The van der Waals surface area contributed by atoms with Crippen LogP contribution < -0.4 is 11.1 Å². The summed E-state index contributed by atoms with van der Waals surface area (Å²) >= 11 is 0. The van der Waals surface area contributed by atoms with Gasteiger partial charge in [-0.3, -0.25) is 14.9 Å². The van der Waals surface area contributed by atoms with Crippen molar-refractivity contribution >= 4 is 12.3 Å². The molecule has 3 N–H and O–H groups in total. The van der Waals surface area contributed by atoms with Gasteiger partial charge in [0.25, 0.3) is 5.91 Å². The Kier molecular flexibility index (Phi) is 5.41. The highest BCUT2D eigenvalue weighted by Crippen LogP contribution is 1.99. The minimum Gasteiger partial charge on any atom is -0.481 e. The first-order chi connectivity index (χ1) is 7.08. The third-order valence-corrected chi connectivity index (χ3v) is 1.54. The maximum atomic E-state index is 11.5. The predicted molar refractivity (Wildman–Crippen MR) is 53.9 cm³/mol. The summed E-state index contributed by atoms with van der Waals surface area (Å²) in [4.78, 5) is 22.9. The first-order valence-electron chi connectivity index (χ1n) is 4.01. The number of hydrogen-bond donors (Lipinski definition) is 2. The summed E-state index contributed by atoms with van der Waals surface area (Å²) in [6, 6.07) is 0. The fraction of sp³-hybridized carbons (Fsp3) is 0.333.